The van der Waals surface area contributed by atoms with Crippen LogP contribution in [0.5, 0.6) is 5.75 Å². The van der Waals surface area contributed by atoms with Gasteiger partial charge in [0.2, 0.25) is 0 Å². The second-order valence-electron chi connectivity index (χ2n) is 5.36. The predicted octanol–water partition coefficient (Wildman–Crippen LogP) is 3.10. The van der Waals surface area contributed by atoms with Crippen molar-refractivity contribution in [2.45, 2.75) is 13.3 Å². The Balaban J connectivity index is 2.06. The van der Waals surface area contributed by atoms with Crippen molar-refractivity contribution in [1.82, 2.24) is 4.98 Å². The molecule has 0 aliphatic rings. The molecule has 0 atom stereocenters. The van der Waals surface area contributed by atoms with Gasteiger partial charge in [0.05, 0.1) is 12.8 Å². The van der Waals surface area contributed by atoms with E-state index in [0.717, 1.165) is 18.5 Å². The molecular formula is C18H23N3O3. The van der Waals surface area contributed by atoms with Crippen molar-refractivity contribution < 1.29 is 14.3 Å². The van der Waals surface area contributed by atoms with Crippen molar-refractivity contribution in [2.24, 2.45) is 0 Å². The zero-order chi connectivity index (χ0) is 17.4. The van der Waals surface area contributed by atoms with Crippen LogP contribution < -0.4 is 15.4 Å². The minimum atomic E-state index is -0.207. The normalized spacial score (nSPS) is 10.3. The molecule has 2 N–H and O–H groups in total. The lowest BCUT2D eigenvalue weighted by Crippen LogP contribution is -2.14. The van der Waals surface area contributed by atoms with E-state index in [4.69, 9.17) is 9.47 Å². The fraction of sp³-hybridized carbons (Fsp3) is 0.333. The Bertz CT molecular complexity index is 689. The molecule has 128 valence electrons. The number of nitrogens with one attached hydrogen (secondary N) is 2. The Morgan fingerprint density at radius 3 is 2.79 bits per heavy atom. The monoisotopic (exact) mass is 329 g/mol. The highest BCUT2D eigenvalue weighted by atomic mass is 16.5. The number of carbonyl (C=O) groups is 1. The van der Waals surface area contributed by atoms with Gasteiger partial charge in [0.15, 0.2) is 0 Å². The first kappa shape index (κ1) is 17.7. The summed E-state index contributed by atoms with van der Waals surface area (Å²) < 4.78 is 10.3. The molecule has 1 aromatic carbocycles. The molecule has 0 saturated carbocycles. The molecule has 0 bridgehead atoms. The van der Waals surface area contributed by atoms with Gasteiger partial charge < -0.3 is 20.1 Å². The number of carbonyl (C=O) groups excluding carboxylic acids is 1. The third-order valence-electron chi connectivity index (χ3n) is 3.46. The van der Waals surface area contributed by atoms with Gasteiger partial charge in [0.1, 0.15) is 11.6 Å². The summed E-state index contributed by atoms with van der Waals surface area (Å²) in [5.41, 5.74) is 2.22. The summed E-state index contributed by atoms with van der Waals surface area (Å²) in [5, 5.41) is 6.06. The van der Waals surface area contributed by atoms with Crippen LogP contribution in [-0.2, 0) is 4.74 Å². The largest absolute Gasteiger partial charge is 0.495 e. The molecule has 6 nitrogen and oxygen atoms in total. The van der Waals surface area contributed by atoms with Gasteiger partial charge in [-0.1, -0.05) is 6.07 Å². The van der Waals surface area contributed by atoms with Crippen molar-refractivity contribution in [3.8, 4) is 5.75 Å². The van der Waals surface area contributed by atoms with Crippen LogP contribution in [0, 0.1) is 6.92 Å². The number of benzene rings is 1. The van der Waals surface area contributed by atoms with E-state index in [9.17, 15) is 4.79 Å². The number of aryl methyl sites for hydroxylation is 1. The number of aromatic nitrogens is 1. The third kappa shape index (κ3) is 4.96. The lowest BCUT2D eigenvalue weighted by Gasteiger charge is -2.12. The van der Waals surface area contributed by atoms with Gasteiger partial charge in [-0.3, -0.25) is 4.79 Å². The number of rotatable bonds is 8. The van der Waals surface area contributed by atoms with Crippen LogP contribution in [0.4, 0.5) is 11.5 Å². The van der Waals surface area contributed by atoms with Gasteiger partial charge in [-0.15, -0.1) is 0 Å². The fourth-order valence-corrected chi connectivity index (χ4v) is 2.22. The molecule has 1 aromatic heterocycles. The molecule has 0 spiro atoms. The number of ether oxygens (including phenoxy) is 2. The van der Waals surface area contributed by atoms with Crippen molar-refractivity contribution in [3.63, 3.8) is 0 Å². The van der Waals surface area contributed by atoms with E-state index < -0.39 is 0 Å². The molecule has 0 radical (unpaired) electrons. The fourth-order valence-electron chi connectivity index (χ4n) is 2.22. The minimum Gasteiger partial charge on any atom is -0.495 e. The molecular weight excluding hydrogens is 306 g/mol. The molecule has 0 fully saturated rings. The summed E-state index contributed by atoms with van der Waals surface area (Å²) in [6.07, 6.45) is 2.48. The number of amides is 1. The lowest BCUT2D eigenvalue weighted by molar-refractivity contribution is 0.102. The van der Waals surface area contributed by atoms with Gasteiger partial charge >= 0.3 is 0 Å². The van der Waals surface area contributed by atoms with Crippen LogP contribution >= 0.6 is 0 Å². The Morgan fingerprint density at radius 1 is 1.21 bits per heavy atom. The van der Waals surface area contributed by atoms with Gasteiger partial charge in [0.25, 0.3) is 5.91 Å². The number of hydrogen-bond acceptors (Lipinski definition) is 5. The van der Waals surface area contributed by atoms with Gasteiger partial charge in [-0.05, 0) is 43.2 Å². The standard InChI is InChI=1S/C18H23N3O3/c1-13-5-6-16(24-3)15(11-13)21-18(22)14-7-9-20-17(12-14)19-8-4-10-23-2/h5-7,9,11-12H,4,8,10H2,1-3H3,(H,19,20)(H,21,22). The van der Waals surface area contributed by atoms with Crippen LogP contribution in [0.3, 0.4) is 0 Å². The van der Waals surface area contributed by atoms with Crippen LogP contribution in [-0.4, -0.2) is 38.3 Å². The second kappa shape index (κ2) is 8.88. The Kier molecular flexibility index (Phi) is 6.57. The molecule has 0 aliphatic heterocycles. The second-order valence-corrected chi connectivity index (χ2v) is 5.36. The maximum absolute atomic E-state index is 12.5. The Morgan fingerprint density at radius 2 is 2.04 bits per heavy atom. The van der Waals surface area contributed by atoms with E-state index in [1.54, 1.807) is 32.5 Å². The number of anilines is 2. The Hall–Kier alpha value is -2.60. The number of methoxy groups -OCH3 is 2. The zero-order valence-electron chi connectivity index (χ0n) is 14.3. The molecule has 2 rings (SSSR count). The Labute approximate surface area is 142 Å². The average molecular weight is 329 g/mol. The summed E-state index contributed by atoms with van der Waals surface area (Å²) in [6.45, 7) is 3.38. The zero-order valence-corrected chi connectivity index (χ0v) is 14.3. The first-order valence-corrected chi connectivity index (χ1v) is 7.79. The smallest absolute Gasteiger partial charge is 0.255 e. The van der Waals surface area contributed by atoms with Crippen LogP contribution in [0.15, 0.2) is 36.5 Å². The highest BCUT2D eigenvalue weighted by Gasteiger charge is 2.11. The predicted molar refractivity (Wildman–Crippen MR) is 94.9 cm³/mol. The molecule has 0 saturated heterocycles. The molecule has 1 amide bonds. The summed E-state index contributed by atoms with van der Waals surface area (Å²) in [7, 11) is 3.25. The molecule has 6 heteroatoms. The molecule has 0 unspecified atom stereocenters. The van der Waals surface area contributed by atoms with Crippen molar-refractivity contribution >= 4 is 17.4 Å². The van der Waals surface area contributed by atoms with E-state index in [-0.39, 0.29) is 5.91 Å². The highest BCUT2D eigenvalue weighted by molar-refractivity contribution is 6.05. The van der Waals surface area contributed by atoms with Crippen molar-refractivity contribution in [3.05, 3.63) is 47.7 Å². The number of hydrogen-bond donors (Lipinski definition) is 2. The van der Waals surface area contributed by atoms with Gasteiger partial charge in [-0.2, -0.15) is 0 Å². The molecule has 2 aromatic rings. The molecule has 24 heavy (non-hydrogen) atoms. The van der Waals surface area contributed by atoms with Gasteiger partial charge in [-0.25, -0.2) is 4.98 Å². The SMILES string of the molecule is COCCCNc1cc(C(=O)Nc2cc(C)ccc2OC)ccn1. The summed E-state index contributed by atoms with van der Waals surface area (Å²) in [4.78, 5) is 16.7. The minimum absolute atomic E-state index is 0.207. The summed E-state index contributed by atoms with van der Waals surface area (Å²) >= 11 is 0. The topological polar surface area (TPSA) is 72.5 Å². The van der Waals surface area contributed by atoms with E-state index in [0.29, 0.717) is 29.4 Å². The third-order valence-corrected chi connectivity index (χ3v) is 3.46. The first-order chi connectivity index (χ1) is 11.6. The van der Waals surface area contributed by atoms with Gasteiger partial charge in [0, 0.05) is 32.0 Å². The summed E-state index contributed by atoms with van der Waals surface area (Å²) in [6, 6.07) is 9.05. The van der Waals surface area contributed by atoms with Crippen molar-refractivity contribution in [2.75, 3.05) is 38.0 Å². The quantitative estimate of drug-likeness (QED) is 0.728. The first-order valence-electron chi connectivity index (χ1n) is 7.79. The van der Waals surface area contributed by atoms with Crippen LogP contribution in [0.25, 0.3) is 0 Å². The molecule has 1 heterocycles. The van der Waals surface area contributed by atoms with Crippen molar-refractivity contribution in [1.29, 1.82) is 0 Å². The van der Waals surface area contributed by atoms with E-state index in [1.165, 1.54) is 0 Å². The van der Waals surface area contributed by atoms with E-state index >= 15 is 0 Å². The summed E-state index contributed by atoms with van der Waals surface area (Å²) in [5.74, 6) is 1.08. The van der Waals surface area contributed by atoms with E-state index in [1.807, 2.05) is 25.1 Å². The maximum Gasteiger partial charge on any atom is 0.255 e. The van der Waals surface area contributed by atoms with E-state index in [2.05, 4.69) is 15.6 Å². The van der Waals surface area contributed by atoms with Crippen LogP contribution in [0.2, 0.25) is 0 Å². The lowest BCUT2D eigenvalue weighted by atomic mass is 10.2. The maximum atomic E-state index is 12.5. The molecule has 0 aliphatic carbocycles. The number of nitrogens with zero attached hydrogens (tertiary/aromatic N) is 1. The average Bonchev–Trinajstić information content (AvgIpc) is 2.59. The highest BCUT2D eigenvalue weighted by Crippen LogP contribution is 2.25. The van der Waals surface area contributed by atoms with Crippen LogP contribution in [0.1, 0.15) is 22.3 Å². The number of pyridine rings is 1.